The molecule has 1 fully saturated rings. The molecule has 1 aliphatic carbocycles. The summed E-state index contributed by atoms with van der Waals surface area (Å²) in [5, 5.41) is 25.1. The number of esters is 1. The van der Waals surface area contributed by atoms with Crippen LogP contribution in [0.4, 0.5) is 0 Å². The monoisotopic (exact) mass is 694 g/mol. The Morgan fingerprint density at radius 2 is 1.85 bits per heavy atom. The molecule has 1 saturated heterocycles. The number of aliphatic carboxylic acids is 1. The smallest absolute Gasteiger partial charge is 0.330 e. The molecule has 4 N–H and O–H groups in total. The molecule has 0 saturated carbocycles. The fourth-order valence-corrected chi connectivity index (χ4v) is 5.36. The van der Waals surface area contributed by atoms with Gasteiger partial charge in [0.1, 0.15) is 17.8 Å². The molecular weight excluding hydrogens is 674 g/mol. The Hall–Kier alpha value is -2.49. The lowest BCUT2D eigenvalue weighted by Gasteiger charge is -2.26. The number of Topliss-reactive ketones (excluding diaryl/α,β-unsaturated/α-hetero) is 1. The van der Waals surface area contributed by atoms with E-state index in [1.807, 2.05) is 45.2 Å². The third-order valence-corrected chi connectivity index (χ3v) is 6.85. The molecule has 0 aromatic heterocycles. The van der Waals surface area contributed by atoms with Crippen LogP contribution in [0.1, 0.15) is 31.4 Å². The van der Waals surface area contributed by atoms with Crippen LogP contribution < -0.4 is 10.6 Å². The lowest BCUT2D eigenvalue weighted by molar-refractivity contribution is -0.145. The zero-order valence-electron chi connectivity index (χ0n) is 18.0. The summed E-state index contributed by atoms with van der Waals surface area (Å²) in [5.41, 5.74) is -0.617. The molecule has 1 spiro atoms. The SMILES string of the molecule is CC(=O)N[C@@H](Cc1cc(I)c(O)c(C2=CC3(C=C(I)C2=O)C[C@H](NC(C)=O)C(=O)O3)c1)C(=O)O. The van der Waals surface area contributed by atoms with Gasteiger partial charge in [-0.05, 0) is 75.0 Å². The van der Waals surface area contributed by atoms with E-state index in [0.717, 1.165) is 0 Å². The average molecular weight is 694 g/mol. The summed E-state index contributed by atoms with van der Waals surface area (Å²) in [6.07, 6.45) is 2.92. The largest absolute Gasteiger partial charge is 0.506 e. The first-order valence-electron chi connectivity index (χ1n) is 9.99. The third kappa shape index (κ3) is 5.59. The molecule has 3 rings (SSSR count). The van der Waals surface area contributed by atoms with E-state index < -0.39 is 47.2 Å². The van der Waals surface area contributed by atoms with Crippen LogP contribution in [0, 0.1) is 3.57 Å². The van der Waals surface area contributed by atoms with Crippen molar-refractivity contribution >= 4 is 80.3 Å². The number of nitrogens with one attached hydrogen (secondary N) is 2. The Balaban J connectivity index is 2.04. The number of allylic oxidation sites excluding steroid dienone is 2. The van der Waals surface area contributed by atoms with Crippen molar-refractivity contribution in [2.24, 2.45) is 0 Å². The first-order valence-corrected chi connectivity index (χ1v) is 12.1. The number of carboxylic acids is 1. The Labute approximate surface area is 221 Å². The number of carbonyl (C=O) groups excluding carboxylic acids is 4. The lowest BCUT2D eigenvalue weighted by atomic mass is 9.85. The first kappa shape index (κ1) is 26.1. The number of carboxylic acid groups (broad SMARTS) is 1. The highest BCUT2D eigenvalue weighted by atomic mass is 127. The van der Waals surface area contributed by atoms with Crippen molar-refractivity contribution < 1.29 is 38.9 Å². The van der Waals surface area contributed by atoms with Gasteiger partial charge < -0.3 is 25.6 Å². The number of ether oxygens (including phenoxy) is 1. The quantitative estimate of drug-likeness (QED) is 0.259. The number of halogens is 2. The standard InChI is InChI=1S/C22H20I2N2O8/c1-9(27)25-16(20(31)32)5-11-3-12(18(29)14(23)4-11)13-6-22(7-15(24)19(13)30)8-17(21(33)34-22)26-10(2)28/h3-4,6-7,16-17,29H,5,8H2,1-2H3,(H,25,27)(H,26,28)(H,31,32)/t16-,17-,22?/m0/s1. The number of carbonyl (C=O) groups is 5. The minimum Gasteiger partial charge on any atom is -0.506 e. The van der Waals surface area contributed by atoms with Crippen LogP contribution in [0.15, 0.2) is 27.9 Å². The topological polar surface area (TPSA) is 159 Å². The highest BCUT2D eigenvalue weighted by Crippen LogP contribution is 2.43. The second-order valence-electron chi connectivity index (χ2n) is 7.98. The minimum atomic E-state index is -1.29. The van der Waals surface area contributed by atoms with Crippen molar-refractivity contribution in [3.8, 4) is 5.75 Å². The van der Waals surface area contributed by atoms with E-state index in [1.165, 1.54) is 32.1 Å². The minimum absolute atomic E-state index is 0.0653. The molecule has 1 aromatic carbocycles. The Morgan fingerprint density at radius 3 is 2.44 bits per heavy atom. The van der Waals surface area contributed by atoms with E-state index in [4.69, 9.17) is 4.74 Å². The summed E-state index contributed by atoms with van der Waals surface area (Å²) < 4.78 is 6.16. The van der Waals surface area contributed by atoms with E-state index in [9.17, 15) is 34.2 Å². The Bertz CT molecular complexity index is 1180. The molecule has 34 heavy (non-hydrogen) atoms. The summed E-state index contributed by atoms with van der Waals surface area (Å²) >= 11 is 3.68. The van der Waals surface area contributed by atoms with Crippen LogP contribution in [-0.2, 0) is 35.1 Å². The molecule has 10 nitrogen and oxygen atoms in total. The molecule has 1 aromatic rings. The molecule has 0 radical (unpaired) electrons. The number of hydrogen-bond acceptors (Lipinski definition) is 7. The van der Waals surface area contributed by atoms with Crippen LogP contribution in [0.5, 0.6) is 5.75 Å². The van der Waals surface area contributed by atoms with Gasteiger partial charge in [0, 0.05) is 37.8 Å². The predicted molar refractivity (Wildman–Crippen MR) is 136 cm³/mol. The molecule has 1 aliphatic heterocycles. The fraction of sp³-hybridized carbons (Fsp3) is 0.318. The maximum absolute atomic E-state index is 13.0. The molecule has 0 bridgehead atoms. The zero-order valence-corrected chi connectivity index (χ0v) is 22.3. The van der Waals surface area contributed by atoms with Gasteiger partial charge in [0.25, 0.3) is 0 Å². The van der Waals surface area contributed by atoms with Crippen LogP contribution in [0.25, 0.3) is 5.57 Å². The van der Waals surface area contributed by atoms with Crippen molar-refractivity contribution in [1.82, 2.24) is 10.6 Å². The number of aromatic hydroxyl groups is 1. The van der Waals surface area contributed by atoms with Crippen LogP contribution >= 0.6 is 45.2 Å². The maximum Gasteiger partial charge on any atom is 0.330 e. The number of amides is 2. The van der Waals surface area contributed by atoms with Crippen molar-refractivity contribution in [2.75, 3.05) is 0 Å². The molecule has 12 heteroatoms. The van der Waals surface area contributed by atoms with Crippen molar-refractivity contribution in [1.29, 1.82) is 0 Å². The molecule has 180 valence electrons. The van der Waals surface area contributed by atoms with Gasteiger partial charge in [-0.3, -0.25) is 14.4 Å². The van der Waals surface area contributed by atoms with Crippen molar-refractivity contribution in [3.63, 3.8) is 0 Å². The number of rotatable bonds is 6. The maximum atomic E-state index is 13.0. The van der Waals surface area contributed by atoms with Gasteiger partial charge in [0.2, 0.25) is 11.8 Å². The van der Waals surface area contributed by atoms with Gasteiger partial charge in [-0.15, -0.1) is 0 Å². The second kappa shape index (κ2) is 10.0. The summed E-state index contributed by atoms with van der Waals surface area (Å²) in [4.78, 5) is 59.8. The summed E-state index contributed by atoms with van der Waals surface area (Å²) in [7, 11) is 0. The van der Waals surface area contributed by atoms with Crippen LogP contribution in [0.2, 0.25) is 0 Å². The number of benzene rings is 1. The van der Waals surface area contributed by atoms with Gasteiger partial charge in [-0.1, -0.05) is 0 Å². The van der Waals surface area contributed by atoms with E-state index in [2.05, 4.69) is 10.6 Å². The van der Waals surface area contributed by atoms with Crippen molar-refractivity contribution in [3.05, 3.63) is 42.6 Å². The number of hydrogen-bond donors (Lipinski definition) is 4. The third-order valence-electron chi connectivity index (χ3n) is 5.23. The Morgan fingerprint density at radius 1 is 1.18 bits per heavy atom. The molecule has 2 aliphatic rings. The number of phenolic OH excluding ortho intramolecular Hbond substituents is 1. The number of phenols is 1. The van der Waals surface area contributed by atoms with E-state index in [1.54, 1.807) is 6.07 Å². The van der Waals surface area contributed by atoms with Gasteiger partial charge in [0.15, 0.2) is 11.4 Å². The van der Waals surface area contributed by atoms with Crippen molar-refractivity contribution in [2.45, 2.75) is 44.4 Å². The Kier molecular flexibility index (Phi) is 7.69. The zero-order chi connectivity index (χ0) is 25.4. The van der Waals surface area contributed by atoms with E-state index in [-0.39, 0.29) is 33.3 Å². The highest BCUT2D eigenvalue weighted by molar-refractivity contribution is 14.1. The van der Waals surface area contributed by atoms with Gasteiger partial charge in [-0.2, -0.15) is 0 Å². The molecule has 1 heterocycles. The van der Waals surface area contributed by atoms with Gasteiger partial charge >= 0.3 is 11.9 Å². The molecule has 3 atom stereocenters. The van der Waals surface area contributed by atoms with Crippen LogP contribution in [-0.4, -0.2) is 57.4 Å². The fourth-order valence-electron chi connectivity index (χ4n) is 3.85. The van der Waals surface area contributed by atoms with Crippen LogP contribution in [0.3, 0.4) is 0 Å². The highest BCUT2D eigenvalue weighted by Gasteiger charge is 2.47. The second-order valence-corrected chi connectivity index (χ2v) is 10.3. The summed E-state index contributed by atoms with van der Waals surface area (Å²) in [6, 6.07) is 0.938. The van der Waals surface area contributed by atoms with E-state index in [0.29, 0.717) is 9.13 Å². The first-order chi connectivity index (χ1) is 15.8. The normalized spacial score (nSPS) is 22.5. The predicted octanol–water partition coefficient (Wildman–Crippen LogP) is 1.60. The number of ketones is 1. The molecule has 1 unspecified atom stereocenters. The van der Waals surface area contributed by atoms with Gasteiger partial charge in [-0.25, -0.2) is 9.59 Å². The lowest BCUT2D eigenvalue weighted by Crippen LogP contribution is -2.41. The molecule has 2 amide bonds. The van der Waals surface area contributed by atoms with E-state index >= 15 is 0 Å². The average Bonchev–Trinajstić information content (AvgIpc) is 3.00. The van der Waals surface area contributed by atoms with Gasteiger partial charge in [0.05, 0.1) is 7.15 Å². The summed E-state index contributed by atoms with van der Waals surface area (Å²) in [5.74, 6) is -3.39. The molecular formula is C22H20I2N2O8. The summed E-state index contributed by atoms with van der Waals surface area (Å²) in [6.45, 7) is 2.48.